The van der Waals surface area contributed by atoms with Gasteiger partial charge in [-0.2, -0.15) is 13.2 Å². The Balaban J connectivity index is 1.57. The lowest BCUT2D eigenvalue weighted by molar-refractivity contribution is -0.252. The molecule has 7 atom stereocenters. The van der Waals surface area contributed by atoms with Crippen molar-refractivity contribution in [3.05, 3.63) is 57.6 Å². The maximum Gasteiger partial charge on any atom is 0.471 e. The predicted octanol–water partition coefficient (Wildman–Crippen LogP) is 2.07. The van der Waals surface area contributed by atoms with Crippen molar-refractivity contribution in [1.82, 2.24) is 5.32 Å². The van der Waals surface area contributed by atoms with Crippen LogP contribution in [0.3, 0.4) is 0 Å². The number of aromatic hydroxyl groups is 2. The van der Waals surface area contributed by atoms with Crippen molar-refractivity contribution in [2.75, 3.05) is 0 Å². The number of rotatable bonds is 5. The number of amides is 1. The van der Waals surface area contributed by atoms with E-state index in [1.54, 1.807) is 0 Å². The summed E-state index contributed by atoms with van der Waals surface area (Å²) in [6.45, 7) is 3.80. The normalized spacial score (nSPS) is 28.4. The van der Waals surface area contributed by atoms with Crippen molar-refractivity contribution >= 4 is 23.4 Å². The van der Waals surface area contributed by atoms with Gasteiger partial charge in [0.05, 0.1) is 35.5 Å². The molecule has 0 bridgehead atoms. The van der Waals surface area contributed by atoms with E-state index in [9.17, 15) is 47.7 Å². The lowest BCUT2D eigenvalue weighted by Crippen LogP contribution is -2.59. The number of alkyl halides is 3. The highest BCUT2D eigenvalue weighted by molar-refractivity contribution is 6.30. The SMILES string of the molecule is CC(=O)O[C@H]1[C@@H](NC(=O)C(F)(F)F)C[C@H](O[C@H]2C[C@](N)(C(C)O)Cc3c(O)c4c(c(O)c32)C(=O)c2ccccc2C4=O)O[C@H]1C. The quantitative estimate of drug-likeness (QED) is 0.203. The van der Waals surface area contributed by atoms with E-state index in [0.717, 1.165) is 6.92 Å². The molecule has 242 valence electrons. The van der Waals surface area contributed by atoms with Gasteiger partial charge < -0.3 is 40.6 Å². The number of halogens is 3. The molecule has 15 heteroatoms. The summed E-state index contributed by atoms with van der Waals surface area (Å²) in [5.74, 6) is -5.89. The molecule has 5 rings (SSSR count). The predicted molar refractivity (Wildman–Crippen MR) is 146 cm³/mol. The number of nitrogens with two attached hydrogens (primary N) is 1. The zero-order chi connectivity index (χ0) is 33.2. The molecule has 6 N–H and O–H groups in total. The molecule has 0 aromatic heterocycles. The number of aliphatic hydroxyl groups excluding tert-OH is 1. The Labute approximate surface area is 254 Å². The topological polar surface area (TPSA) is 195 Å². The number of carbonyl (C=O) groups excluding carboxylic acids is 4. The van der Waals surface area contributed by atoms with Gasteiger partial charge in [-0.05, 0) is 26.7 Å². The molecule has 0 radical (unpaired) electrons. The van der Waals surface area contributed by atoms with Crippen LogP contribution < -0.4 is 11.1 Å². The lowest BCUT2D eigenvalue weighted by Gasteiger charge is -2.45. The lowest BCUT2D eigenvalue weighted by atomic mass is 9.70. The highest BCUT2D eigenvalue weighted by atomic mass is 19.4. The summed E-state index contributed by atoms with van der Waals surface area (Å²) in [6.07, 6.45) is -12.6. The average Bonchev–Trinajstić information content (AvgIpc) is 2.94. The number of aliphatic hydroxyl groups is 1. The number of fused-ring (bicyclic) bond motifs is 3. The molecular weight excluding hydrogens is 605 g/mol. The van der Waals surface area contributed by atoms with Crippen molar-refractivity contribution < 1.29 is 61.9 Å². The number of hydrogen-bond donors (Lipinski definition) is 5. The molecule has 1 unspecified atom stereocenters. The van der Waals surface area contributed by atoms with E-state index in [1.165, 1.54) is 38.1 Å². The smallest absolute Gasteiger partial charge is 0.471 e. The Kier molecular flexibility index (Phi) is 8.19. The number of carbonyl (C=O) groups is 4. The number of esters is 1. The Morgan fingerprint density at radius 3 is 2.22 bits per heavy atom. The third-order valence-corrected chi connectivity index (χ3v) is 8.55. The van der Waals surface area contributed by atoms with Crippen LogP contribution in [-0.2, 0) is 30.2 Å². The minimum atomic E-state index is -5.25. The van der Waals surface area contributed by atoms with Gasteiger partial charge in [0.25, 0.3) is 0 Å². The van der Waals surface area contributed by atoms with E-state index in [1.807, 2.05) is 5.32 Å². The summed E-state index contributed by atoms with van der Waals surface area (Å²) in [5.41, 5.74) is 3.94. The van der Waals surface area contributed by atoms with E-state index >= 15 is 0 Å². The zero-order valence-corrected chi connectivity index (χ0v) is 24.3. The minimum Gasteiger partial charge on any atom is -0.507 e. The van der Waals surface area contributed by atoms with Crippen LogP contribution in [-0.4, -0.2) is 81.1 Å². The van der Waals surface area contributed by atoms with Gasteiger partial charge in [0.2, 0.25) is 0 Å². The number of phenolic OH excluding ortho intramolecular Hbond substituents is 2. The van der Waals surface area contributed by atoms with Crippen LogP contribution in [0, 0.1) is 0 Å². The summed E-state index contributed by atoms with van der Waals surface area (Å²) in [7, 11) is 0. The Morgan fingerprint density at radius 1 is 1.11 bits per heavy atom. The number of phenols is 2. The Bertz CT molecular complexity index is 1590. The molecule has 1 fully saturated rings. The summed E-state index contributed by atoms with van der Waals surface area (Å²) in [6, 6.07) is 4.43. The van der Waals surface area contributed by atoms with E-state index in [4.69, 9.17) is 19.9 Å². The minimum absolute atomic E-state index is 0.000667. The second-order valence-corrected chi connectivity index (χ2v) is 11.6. The second kappa shape index (κ2) is 11.4. The van der Waals surface area contributed by atoms with Crippen LogP contribution in [0.2, 0.25) is 0 Å². The number of nitrogens with one attached hydrogen (secondary N) is 1. The number of hydrogen-bond acceptors (Lipinski definition) is 11. The highest BCUT2D eigenvalue weighted by Crippen LogP contribution is 2.52. The summed E-state index contributed by atoms with van der Waals surface area (Å²) >= 11 is 0. The molecule has 3 aliphatic rings. The molecule has 1 aliphatic heterocycles. The van der Waals surface area contributed by atoms with Crippen LogP contribution in [0.15, 0.2) is 24.3 Å². The van der Waals surface area contributed by atoms with Gasteiger partial charge in [-0.3, -0.25) is 19.2 Å². The molecule has 1 heterocycles. The van der Waals surface area contributed by atoms with E-state index < -0.39 is 101 Å². The van der Waals surface area contributed by atoms with Gasteiger partial charge in [0.15, 0.2) is 17.9 Å². The summed E-state index contributed by atoms with van der Waals surface area (Å²) in [5, 5.41) is 35.4. The van der Waals surface area contributed by atoms with E-state index in [-0.39, 0.29) is 35.1 Å². The van der Waals surface area contributed by atoms with Crippen molar-refractivity contribution in [1.29, 1.82) is 0 Å². The molecule has 2 aromatic rings. The fraction of sp³-hybridized carbons (Fsp3) is 0.467. The Morgan fingerprint density at radius 2 is 1.69 bits per heavy atom. The van der Waals surface area contributed by atoms with Crippen molar-refractivity contribution in [2.24, 2.45) is 5.73 Å². The summed E-state index contributed by atoms with van der Waals surface area (Å²) < 4.78 is 56.5. The fourth-order valence-corrected chi connectivity index (χ4v) is 6.26. The zero-order valence-electron chi connectivity index (χ0n) is 24.3. The van der Waals surface area contributed by atoms with Crippen LogP contribution in [0.1, 0.15) is 82.7 Å². The summed E-state index contributed by atoms with van der Waals surface area (Å²) in [4.78, 5) is 50.5. The first-order valence-electron chi connectivity index (χ1n) is 14.1. The standard InChI is InChI=1S/C30H31F3N2O10/c1-11-27(44-13(3)37)17(35-28(42)30(31,32)33)8-19(43-11)45-18-10-29(34,12(2)36)9-16-20(18)26(41)22-21(25(16)40)23(38)14-6-4-5-7-15(14)24(22)39/h4-7,11-12,17-19,27,36,40-41H,8-10,34H2,1-3H3,(H,35,42)/t11-,12?,17-,18-,19-,27+,29-/m0/s1. The van der Waals surface area contributed by atoms with E-state index in [0.29, 0.717) is 0 Å². The molecule has 0 spiro atoms. The Hall–Kier alpha value is -4.05. The molecule has 0 saturated carbocycles. The first-order chi connectivity index (χ1) is 20.9. The maximum absolute atomic E-state index is 13.5. The highest BCUT2D eigenvalue weighted by Gasteiger charge is 2.50. The molecular formula is C30H31F3N2O10. The van der Waals surface area contributed by atoms with Crippen LogP contribution in [0.5, 0.6) is 11.5 Å². The van der Waals surface area contributed by atoms with Gasteiger partial charge in [-0.1, -0.05) is 24.3 Å². The van der Waals surface area contributed by atoms with Crippen LogP contribution in [0.4, 0.5) is 13.2 Å². The van der Waals surface area contributed by atoms with Gasteiger partial charge >= 0.3 is 18.1 Å². The molecule has 45 heavy (non-hydrogen) atoms. The van der Waals surface area contributed by atoms with Gasteiger partial charge in [-0.15, -0.1) is 0 Å². The fourth-order valence-electron chi connectivity index (χ4n) is 6.26. The van der Waals surface area contributed by atoms with Gasteiger partial charge in [-0.25, -0.2) is 0 Å². The van der Waals surface area contributed by atoms with Crippen molar-refractivity contribution in [3.63, 3.8) is 0 Å². The molecule has 2 aromatic carbocycles. The number of ether oxygens (including phenoxy) is 3. The first-order valence-corrected chi connectivity index (χ1v) is 14.1. The molecule has 1 saturated heterocycles. The molecule has 1 amide bonds. The van der Waals surface area contributed by atoms with Gasteiger partial charge in [0.1, 0.15) is 17.6 Å². The largest absolute Gasteiger partial charge is 0.507 e. The number of ketones is 2. The van der Waals surface area contributed by atoms with Crippen molar-refractivity contribution in [3.8, 4) is 11.5 Å². The maximum atomic E-state index is 13.5. The van der Waals surface area contributed by atoms with Gasteiger partial charge in [0, 0.05) is 41.1 Å². The molecule has 2 aliphatic carbocycles. The number of benzene rings is 2. The average molecular weight is 637 g/mol. The molecule has 12 nitrogen and oxygen atoms in total. The van der Waals surface area contributed by atoms with Crippen LogP contribution >= 0.6 is 0 Å². The third-order valence-electron chi connectivity index (χ3n) is 8.55. The first kappa shape index (κ1) is 32.3. The van der Waals surface area contributed by atoms with Crippen molar-refractivity contribution in [2.45, 2.75) is 88.5 Å². The van der Waals surface area contributed by atoms with E-state index in [2.05, 4.69) is 0 Å². The third kappa shape index (κ3) is 5.65. The monoisotopic (exact) mass is 636 g/mol. The van der Waals surface area contributed by atoms with Crippen LogP contribution in [0.25, 0.3) is 0 Å². The second-order valence-electron chi connectivity index (χ2n) is 11.6.